The highest BCUT2D eigenvalue weighted by Crippen LogP contribution is 2.45. The van der Waals surface area contributed by atoms with Crippen molar-refractivity contribution < 1.29 is 51.7 Å². The molecule has 4 amide bonds. The minimum absolute atomic E-state index is 0.0164. The van der Waals surface area contributed by atoms with Crippen molar-refractivity contribution in [1.29, 1.82) is 0 Å². The minimum Gasteiger partial charge on any atom is -0.503 e. The Morgan fingerprint density at radius 1 is 0.833 bits per heavy atom. The van der Waals surface area contributed by atoms with E-state index in [4.69, 9.17) is 4.74 Å². The van der Waals surface area contributed by atoms with Gasteiger partial charge in [-0.2, -0.15) is 0 Å². The van der Waals surface area contributed by atoms with Crippen molar-refractivity contribution in [1.82, 2.24) is 40.5 Å². The number of nitrogens with zero attached hydrogens (tertiary/aromatic N) is 4. The summed E-state index contributed by atoms with van der Waals surface area (Å²) in [6, 6.07) is 2.16. The van der Waals surface area contributed by atoms with E-state index in [9.17, 15) is 51.7 Å². The van der Waals surface area contributed by atoms with Crippen LogP contribution in [0.4, 0.5) is 17.6 Å². The Hall–Kier alpha value is -4.79. The molecule has 8 rings (SSSR count). The van der Waals surface area contributed by atoms with Gasteiger partial charge >= 0.3 is 0 Å². The monoisotopic (exact) mass is 1140 g/mol. The summed E-state index contributed by atoms with van der Waals surface area (Å²) < 4.78 is 65.4. The number of hydrogen-bond acceptors (Lipinski definition) is 11. The van der Waals surface area contributed by atoms with E-state index in [0.29, 0.717) is 31.8 Å². The van der Waals surface area contributed by atoms with Gasteiger partial charge in [-0.15, -0.1) is 0 Å². The van der Waals surface area contributed by atoms with Gasteiger partial charge in [-0.3, -0.25) is 24.0 Å². The molecule has 5 atom stereocenters. The van der Waals surface area contributed by atoms with Crippen LogP contribution in [0.15, 0.2) is 51.8 Å². The number of carbonyl (C=O) groups is 4. The van der Waals surface area contributed by atoms with Crippen LogP contribution in [0.1, 0.15) is 83.4 Å². The normalized spacial score (nSPS) is 22.0. The van der Waals surface area contributed by atoms with Crippen LogP contribution in [0.3, 0.4) is 0 Å². The average Bonchev–Trinajstić information content (AvgIpc) is 3.82. The third-order valence-electron chi connectivity index (χ3n) is 12.7. The van der Waals surface area contributed by atoms with Gasteiger partial charge in [0.15, 0.2) is 17.2 Å². The van der Waals surface area contributed by atoms with Crippen molar-refractivity contribution in [3.63, 3.8) is 0 Å². The SMILES string of the molecule is CCN[C@H]1CC2CN(CC)C(=O)C3=C(OCCN[C@H]4CC5CN(CC)C(=O)c6c(O)c(=O)c(C(=O)NCc7ccc(F)c(I)c7F)c4n65)C(O)C(C(=O)NCc4cc(I)c(F)cc4F)=C1N32. The topological polar surface area (TPSA) is 198 Å². The summed E-state index contributed by atoms with van der Waals surface area (Å²) in [5.74, 6) is -7.18. The smallest absolute Gasteiger partial charge is 0.274 e. The maximum absolute atomic E-state index is 14.9. The first-order valence-electron chi connectivity index (χ1n) is 21.5. The summed E-state index contributed by atoms with van der Waals surface area (Å²) in [7, 11) is 0. The molecule has 0 spiro atoms. The largest absolute Gasteiger partial charge is 0.503 e. The van der Waals surface area contributed by atoms with Crippen LogP contribution < -0.4 is 26.7 Å². The molecule has 2 saturated heterocycles. The quantitative estimate of drug-likeness (QED) is 0.0429. The van der Waals surface area contributed by atoms with Crippen molar-refractivity contribution in [2.24, 2.45) is 0 Å². The Labute approximate surface area is 403 Å². The second-order valence-electron chi connectivity index (χ2n) is 16.4. The molecule has 0 bridgehead atoms. The molecule has 0 saturated carbocycles. The highest BCUT2D eigenvalue weighted by molar-refractivity contribution is 14.1. The zero-order valence-electron chi connectivity index (χ0n) is 35.9. The molecule has 1 aromatic heterocycles. The number of pyridine rings is 1. The summed E-state index contributed by atoms with van der Waals surface area (Å²) in [5, 5.41) is 35.2. The molecule has 0 aliphatic carbocycles. The van der Waals surface area contributed by atoms with Gasteiger partial charge in [-0.25, -0.2) is 17.6 Å². The van der Waals surface area contributed by atoms with Gasteiger partial charge in [0.1, 0.15) is 47.2 Å². The van der Waals surface area contributed by atoms with E-state index in [1.54, 1.807) is 39.3 Å². The Balaban J connectivity index is 1.08. The zero-order valence-corrected chi connectivity index (χ0v) is 40.2. The highest BCUT2D eigenvalue weighted by atomic mass is 127. The van der Waals surface area contributed by atoms with E-state index < -0.39 is 94.4 Å². The van der Waals surface area contributed by atoms with Crippen molar-refractivity contribution in [3.05, 3.63) is 116 Å². The van der Waals surface area contributed by atoms with Gasteiger partial charge < -0.3 is 55.5 Å². The van der Waals surface area contributed by atoms with E-state index in [-0.39, 0.29) is 91.9 Å². The zero-order chi connectivity index (χ0) is 47.5. The Morgan fingerprint density at radius 3 is 2.21 bits per heavy atom. The first-order chi connectivity index (χ1) is 31.5. The standard InChI is InChI=1S/C44H46F4I2N8O8/c1-4-51-27-12-22-18-56(6-3)44(65)36-40(38(60)30(33(27)58(22)36)42(63)54-16-20-11-26(49)25(47)14-24(20)46)66-10-9-52-28-13-21-17-55(5-2)43(64)35-39(61)37(59)29(34(28)57(21)35)41(62)53-15-19-7-8-23(45)32(50)31(19)48/h7-8,11,14,21-22,27-28,38,51-52,60-61H,4-6,9-10,12-13,15-18H2,1-3H3,(H,53,62)(H,54,63)/t21?,22?,27-,28-,38?/m0/s1. The molecule has 352 valence electrons. The Bertz CT molecular complexity index is 2680. The number of aromatic nitrogens is 1. The van der Waals surface area contributed by atoms with Crippen LogP contribution in [0.2, 0.25) is 0 Å². The van der Waals surface area contributed by atoms with Crippen LogP contribution in [-0.2, 0) is 27.4 Å². The average molecular weight is 1140 g/mol. The molecule has 5 aliphatic rings. The summed E-state index contributed by atoms with van der Waals surface area (Å²) >= 11 is 3.22. The molecule has 2 fully saturated rings. The molecular weight excluding hydrogens is 1100 g/mol. The van der Waals surface area contributed by atoms with Gasteiger partial charge in [0.2, 0.25) is 5.43 Å². The number of likely N-dealkylation sites (N-methyl/N-ethyl adjacent to an activating group) is 3. The number of aromatic hydroxyl groups is 1. The van der Waals surface area contributed by atoms with E-state index in [2.05, 4.69) is 21.3 Å². The molecule has 2 aromatic carbocycles. The van der Waals surface area contributed by atoms with E-state index >= 15 is 0 Å². The van der Waals surface area contributed by atoms with Crippen molar-refractivity contribution in [3.8, 4) is 5.75 Å². The van der Waals surface area contributed by atoms with Crippen LogP contribution in [0.5, 0.6) is 5.75 Å². The molecular formula is C44H46F4I2N8O8. The molecule has 66 heavy (non-hydrogen) atoms. The highest BCUT2D eigenvalue weighted by Gasteiger charge is 2.53. The number of piperazine rings is 1. The summed E-state index contributed by atoms with van der Waals surface area (Å²) in [6.07, 6.45) is -1.04. The van der Waals surface area contributed by atoms with Gasteiger partial charge in [0, 0.05) is 72.3 Å². The second-order valence-corrected chi connectivity index (χ2v) is 18.7. The fourth-order valence-electron chi connectivity index (χ4n) is 9.69. The Kier molecular flexibility index (Phi) is 13.8. The number of halogens is 6. The number of rotatable bonds is 15. The predicted molar refractivity (Wildman–Crippen MR) is 245 cm³/mol. The molecule has 22 heteroatoms. The lowest BCUT2D eigenvalue weighted by Gasteiger charge is -2.44. The van der Waals surface area contributed by atoms with Crippen LogP contribution in [-0.4, -0.2) is 117 Å². The third-order valence-corrected chi connectivity index (χ3v) is 14.5. The maximum Gasteiger partial charge on any atom is 0.274 e. The van der Waals surface area contributed by atoms with Crippen LogP contribution >= 0.6 is 45.2 Å². The lowest BCUT2D eigenvalue weighted by Crippen LogP contribution is -2.55. The molecule has 6 heterocycles. The molecule has 6 N–H and O–H groups in total. The number of carbonyl (C=O) groups excluding carboxylic acids is 4. The lowest BCUT2D eigenvalue weighted by molar-refractivity contribution is -0.133. The number of ether oxygens (including phenoxy) is 1. The minimum atomic E-state index is -1.77. The van der Waals surface area contributed by atoms with Crippen molar-refractivity contribution in [2.75, 3.05) is 45.9 Å². The first kappa shape index (κ1) is 47.7. The van der Waals surface area contributed by atoms with Crippen molar-refractivity contribution in [2.45, 2.75) is 77.0 Å². The number of aliphatic hydroxyl groups is 1. The van der Waals surface area contributed by atoms with Gasteiger partial charge in [-0.05, 0) is 90.5 Å². The number of hydrogen-bond donors (Lipinski definition) is 6. The fraction of sp³-hybridized carbons (Fsp3) is 0.432. The first-order valence-corrected chi connectivity index (χ1v) is 23.6. The van der Waals surface area contributed by atoms with Gasteiger partial charge in [-0.1, -0.05) is 13.0 Å². The van der Waals surface area contributed by atoms with Crippen LogP contribution in [0.25, 0.3) is 0 Å². The predicted octanol–water partition coefficient (Wildman–Crippen LogP) is 3.39. The number of amides is 4. The van der Waals surface area contributed by atoms with Crippen molar-refractivity contribution >= 4 is 68.8 Å². The Morgan fingerprint density at radius 2 is 1.50 bits per heavy atom. The maximum atomic E-state index is 14.9. The molecule has 5 aliphatic heterocycles. The van der Waals surface area contributed by atoms with E-state index in [0.717, 1.165) is 18.2 Å². The molecule has 16 nitrogen and oxygen atoms in total. The number of benzene rings is 2. The van der Waals surface area contributed by atoms with Gasteiger partial charge in [0.05, 0.1) is 39.0 Å². The summed E-state index contributed by atoms with van der Waals surface area (Å²) in [6.45, 7) is 6.07. The molecule has 3 aromatic rings. The molecule has 3 unspecified atom stereocenters. The second kappa shape index (κ2) is 19.1. The summed E-state index contributed by atoms with van der Waals surface area (Å²) in [5.41, 5.74) is -1.49. The van der Waals surface area contributed by atoms with Crippen LogP contribution in [0, 0.1) is 30.4 Å². The van der Waals surface area contributed by atoms with E-state index in [1.165, 1.54) is 38.1 Å². The lowest BCUT2D eigenvalue weighted by atomic mass is 9.94. The van der Waals surface area contributed by atoms with E-state index in [1.807, 2.05) is 13.8 Å². The van der Waals surface area contributed by atoms with Gasteiger partial charge in [0.25, 0.3) is 23.6 Å². The molecule has 0 radical (unpaired) electrons. The fourth-order valence-corrected chi connectivity index (χ4v) is 10.7. The number of nitrogens with one attached hydrogen (secondary N) is 4. The summed E-state index contributed by atoms with van der Waals surface area (Å²) in [4.78, 5) is 74.6. The third kappa shape index (κ3) is 8.22. The number of aliphatic hydroxyl groups excluding tert-OH is 1.